The fourth-order valence-corrected chi connectivity index (χ4v) is 2.15. The predicted octanol–water partition coefficient (Wildman–Crippen LogP) is 1.34. The molecule has 0 aromatic rings. The Morgan fingerprint density at radius 2 is 2.00 bits per heavy atom. The SMILES string of the molecule is CCN(C=O)C1CCN(C(C)C)CC1. The van der Waals surface area contributed by atoms with Crippen LogP contribution in [-0.4, -0.2) is 47.9 Å². The molecular formula is C11H22N2O. The first kappa shape index (κ1) is 11.5. The number of piperidine rings is 1. The quantitative estimate of drug-likeness (QED) is 0.636. The van der Waals surface area contributed by atoms with Gasteiger partial charge in [0.25, 0.3) is 0 Å². The lowest BCUT2D eigenvalue weighted by molar-refractivity contribution is -0.120. The van der Waals surface area contributed by atoms with E-state index in [1.807, 2.05) is 11.8 Å². The lowest BCUT2D eigenvalue weighted by Gasteiger charge is -2.38. The summed E-state index contributed by atoms with van der Waals surface area (Å²) in [4.78, 5) is 15.2. The van der Waals surface area contributed by atoms with Crippen molar-refractivity contribution in [3.05, 3.63) is 0 Å². The Morgan fingerprint density at radius 1 is 1.43 bits per heavy atom. The van der Waals surface area contributed by atoms with Gasteiger partial charge in [-0.1, -0.05) is 0 Å². The lowest BCUT2D eigenvalue weighted by Crippen LogP contribution is -2.46. The number of likely N-dealkylation sites (tertiary alicyclic amines) is 1. The zero-order chi connectivity index (χ0) is 10.6. The Balaban J connectivity index is 2.38. The van der Waals surface area contributed by atoms with Crippen LogP contribution < -0.4 is 0 Å². The molecule has 3 heteroatoms. The number of carbonyl (C=O) groups excluding carboxylic acids is 1. The van der Waals surface area contributed by atoms with Gasteiger partial charge in [-0.2, -0.15) is 0 Å². The number of hydrogen-bond acceptors (Lipinski definition) is 2. The van der Waals surface area contributed by atoms with Crippen molar-refractivity contribution in [1.29, 1.82) is 0 Å². The van der Waals surface area contributed by atoms with Gasteiger partial charge < -0.3 is 9.80 Å². The van der Waals surface area contributed by atoms with E-state index in [0.717, 1.165) is 38.9 Å². The molecule has 0 bridgehead atoms. The summed E-state index contributed by atoms with van der Waals surface area (Å²) in [5.41, 5.74) is 0. The third kappa shape index (κ3) is 2.71. The summed E-state index contributed by atoms with van der Waals surface area (Å²) in [6, 6.07) is 1.12. The summed E-state index contributed by atoms with van der Waals surface area (Å²) in [7, 11) is 0. The highest BCUT2D eigenvalue weighted by Crippen LogP contribution is 2.16. The average molecular weight is 198 g/mol. The van der Waals surface area contributed by atoms with Crippen LogP contribution in [0.15, 0.2) is 0 Å². The Labute approximate surface area is 87.1 Å². The second-order valence-electron chi connectivity index (χ2n) is 4.30. The van der Waals surface area contributed by atoms with Crippen LogP contribution in [0.1, 0.15) is 33.6 Å². The molecule has 1 amide bonds. The molecule has 82 valence electrons. The van der Waals surface area contributed by atoms with Gasteiger partial charge in [-0.05, 0) is 33.6 Å². The first-order valence-electron chi connectivity index (χ1n) is 5.64. The van der Waals surface area contributed by atoms with E-state index in [1.54, 1.807) is 0 Å². The summed E-state index contributed by atoms with van der Waals surface area (Å²) >= 11 is 0. The van der Waals surface area contributed by atoms with Gasteiger partial charge >= 0.3 is 0 Å². The van der Waals surface area contributed by atoms with Crippen LogP contribution in [0.25, 0.3) is 0 Å². The molecule has 1 aliphatic rings. The van der Waals surface area contributed by atoms with Gasteiger partial charge in [-0.15, -0.1) is 0 Å². The molecule has 0 spiro atoms. The van der Waals surface area contributed by atoms with E-state index in [4.69, 9.17) is 0 Å². The molecular weight excluding hydrogens is 176 g/mol. The maximum absolute atomic E-state index is 10.8. The Bertz CT molecular complexity index is 174. The third-order valence-corrected chi connectivity index (χ3v) is 3.20. The molecule has 1 fully saturated rings. The highest BCUT2D eigenvalue weighted by Gasteiger charge is 2.23. The summed E-state index contributed by atoms with van der Waals surface area (Å²) in [6.07, 6.45) is 3.26. The zero-order valence-electron chi connectivity index (χ0n) is 9.57. The van der Waals surface area contributed by atoms with Gasteiger partial charge in [-0.25, -0.2) is 0 Å². The molecule has 0 aliphatic carbocycles. The van der Waals surface area contributed by atoms with Crippen LogP contribution >= 0.6 is 0 Å². The average Bonchev–Trinajstić information content (AvgIpc) is 2.20. The van der Waals surface area contributed by atoms with Crippen LogP contribution in [-0.2, 0) is 4.79 Å². The van der Waals surface area contributed by atoms with Crippen LogP contribution in [0.2, 0.25) is 0 Å². The molecule has 0 atom stereocenters. The van der Waals surface area contributed by atoms with Crippen LogP contribution in [0.3, 0.4) is 0 Å². The van der Waals surface area contributed by atoms with E-state index in [-0.39, 0.29) is 0 Å². The Morgan fingerprint density at radius 3 is 2.36 bits per heavy atom. The van der Waals surface area contributed by atoms with Crippen LogP contribution in [0.4, 0.5) is 0 Å². The first-order valence-corrected chi connectivity index (χ1v) is 5.64. The summed E-state index contributed by atoms with van der Waals surface area (Å²) in [5.74, 6) is 0. The Hall–Kier alpha value is -0.570. The van der Waals surface area contributed by atoms with E-state index in [9.17, 15) is 4.79 Å². The van der Waals surface area contributed by atoms with E-state index in [1.165, 1.54) is 0 Å². The highest BCUT2D eigenvalue weighted by molar-refractivity contribution is 5.47. The predicted molar refractivity (Wildman–Crippen MR) is 58.2 cm³/mol. The highest BCUT2D eigenvalue weighted by atomic mass is 16.1. The van der Waals surface area contributed by atoms with E-state index in [2.05, 4.69) is 18.7 Å². The molecule has 0 N–H and O–H groups in total. The fourth-order valence-electron chi connectivity index (χ4n) is 2.15. The molecule has 1 rings (SSSR count). The number of carbonyl (C=O) groups is 1. The fraction of sp³-hybridized carbons (Fsp3) is 0.909. The molecule has 0 saturated carbocycles. The number of nitrogens with zero attached hydrogens (tertiary/aromatic N) is 2. The second-order valence-corrected chi connectivity index (χ2v) is 4.30. The molecule has 0 radical (unpaired) electrons. The van der Waals surface area contributed by atoms with Gasteiger partial charge in [0.1, 0.15) is 0 Å². The minimum Gasteiger partial charge on any atom is -0.342 e. The molecule has 0 aromatic carbocycles. The summed E-state index contributed by atoms with van der Waals surface area (Å²) in [5, 5.41) is 0. The molecule has 1 heterocycles. The van der Waals surface area contributed by atoms with Crippen LogP contribution in [0.5, 0.6) is 0 Å². The van der Waals surface area contributed by atoms with Crippen molar-refractivity contribution in [3.8, 4) is 0 Å². The Kier molecular flexibility index (Phi) is 4.39. The molecule has 0 unspecified atom stereocenters. The minimum absolute atomic E-state index is 0.479. The number of hydrogen-bond donors (Lipinski definition) is 0. The van der Waals surface area contributed by atoms with Gasteiger partial charge in [0, 0.05) is 31.7 Å². The minimum atomic E-state index is 0.479. The zero-order valence-corrected chi connectivity index (χ0v) is 9.57. The smallest absolute Gasteiger partial charge is 0.209 e. The van der Waals surface area contributed by atoms with Gasteiger partial charge in [-0.3, -0.25) is 4.79 Å². The summed E-state index contributed by atoms with van der Waals surface area (Å²) in [6.45, 7) is 9.62. The molecule has 1 saturated heterocycles. The van der Waals surface area contributed by atoms with Crippen LogP contribution in [0, 0.1) is 0 Å². The maximum atomic E-state index is 10.8. The third-order valence-electron chi connectivity index (χ3n) is 3.20. The second kappa shape index (κ2) is 5.35. The number of rotatable bonds is 4. The van der Waals surface area contributed by atoms with Crippen molar-refractivity contribution in [2.75, 3.05) is 19.6 Å². The van der Waals surface area contributed by atoms with E-state index < -0.39 is 0 Å². The molecule has 14 heavy (non-hydrogen) atoms. The number of amides is 1. The lowest BCUT2D eigenvalue weighted by atomic mass is 10.0. The largest absolute Gasteiger partial charge is 0.342 e. The maximum Gasteiger partial charge on any atom is 0.209 e. The van der Waals surface area contributed by atoms with Gasteiger partial charge in [0.2, 0.25) is 6.41 Å². The standard InChI is InChI=1S/C11H22N2O/c1-4-12(9-14)11-5-7-13(8-6-11)10(2)3/h9-11H,4-8H2,1-3H3. The van der Waals surface area contributed by atoms with Crippen molar-refractivity contribution in [3.63, 3.8) is 0 Å². The monoisotopic (exact) mass is 198 g/mol. The van der Waals surface area contributed by atoms with Gasteiger partial charge in [0.15, 0.2) is 0 Å². The van der Waals surface area contributed by atoms with Crippen molar-refractivity contribution in [1.82, 2.24) is 9.80 Å². The normalized spacial score (nSPS) is 20.0. The van der Waals surface area contributed by atoms with Crippen molar-refractivity contribution in [2.24, 2.45) is 0 Å². The first-order chi connectivity index (χ1) is 6.69. The van der Waals surface area contributed by atoms with E-state index in [0.29, 0.717) is 12.1 Å². The topological polar surface area (TPSA) is 23.6 Å². The molecule has 1 aliphatic heterocycles. The van der Waals surface area contributed by atoms with Crippen molar-refractivity contribution >= 4 is 6.41 Å². The molecule has 0 aromatic heterocycles. The van der Waals surface area contributed by atoms with Crippen molar-refractivity contribution in [2.45, 2.75) is 45.7 Å². The van der Waals surface area contributed by atoms with E-state index >= 15 is 0 Å². The summed E-state index contributed by atoms with van der Waals surface area (Å²) < 4.78 is 0. The van der Waals surface area contributed by atoms with Gasteiger partial charge in [0.05, 0.1) is 0 Å². The molecule has 3 nitrogen and oxygen atoms in total. The van der Waals surface area contributed by atoms with Crippen molar-refractivity contribution < 1.29 is 4.79 Å².